The van der Waals surface area contributed by atoms with Crippen LogP contribution in [-0.2, 0) is 9.59 Å². The van der Waals surface area contributed by atoms with E-state index < -0.39 is 5.91 Å². The van der Waals surface area contributed by atoms with Crippen LogP contribution in [0.3, 0.4) is 0 Å². The van der Waals surface area contributed by atoms with E-state index >= 15 is 0 Å². The molecule has 0 saturated carbocycles. The summed E-state index contributed by atoms with van der Waals surface area (Å²) in [6, 6.07) is 1.82. The minimum absolute atomic E-state index is 0.0650. The number of hydrogen-bond donors (Lipinski definition) is 3. The summed E-state index contributed by atoms with van der Waals surface area (Å²) in [6.07, 6.45) is 3.60. The molecule has 0 unspecified atom stereocenters. The summed E-state index contributed by atoms with van der Waals surface area (Å²) < 4.78 is 0. The lowest BCUT2D eigenvalue weighted by Crippen LogP contribution is -2.37. The average Bonchev–Trinajstić information content (AvgIpc) is 2.95. The van der Waals surface area contributed by atoms with Crippen molar-refractivity contribution in [2.75, 3.05) is 45.9 Å². The molecule has 1 rings (SSSR count). The highest BCUT2D eigenvalue weighted by Crippen LogP contribution is 2.09. The number of amides is 2. The van der Waals surface area contributed by atoms with Gasteiger partial charge in [-0.1, -0.05) is 0 Å². The Morgan fingerprint density at radius 3 is 2.61 bits per heavy atom. The number of carbonyl (C=O) groups is 2. The van der Waals surface area contributed by atoms with E-state index in [9.17, 15) is 9.59 Å². The maximum atomic E-state index is 12.1. The van der Waals surface area contributed by atoms with Crippen molar-refractivity contribution in [1.29, 1.82) is 5.26 Å². The van der Waals surface area contributed by atoms with E-state index in [0.29, 0.717) is 19.5 Å². The maximum Gasteiger partial charge on any atom is 0.266 e. The largest absolute Gasteiger partial charge is 0.395 e. The van der Waals surface area contributed by atoms with Gasteiger partial charge < -0.3 is 25.3 Å². The van der Waals surface area contributed by atoms with Crippen molar-refractivity contribution in [3.63, 3.8) is 0 Å². The Bertz CT molecular complexity index is 467. The molecule has 0 bridgehead atoms. The van der Waals surface area contributed by atoms with Gasteiger partial charge in [0, 0.05) is 45.3 Å². The fraction of sp³-hybridized carbons (Fsp3) is 0.667. The van der Waals surface area contributed by atoms with E-state index in [0.717, 1.165) is 19.4 Å². The smallest absolute Gasteiger partial charge is 0.266 e. The maximum absolute atomic E-state index is 12.1. The van der Waals surface area contributed by atoms with Crippen molar-refractivity contribution in [1.82, 2.24) is 15.1 Å². The fourth-order valence-electron chi connectivity index (χ4n) is 2.36. The lowest BCUT2D eigenvalue weighted by atomic mass is 10.2. The Morgan fingerprint density at radius 1 is 1.39 bits per heavy atom. The molecule has 0 atom stereocenters. The second kappa shape index (κ2) is 10.6. The van der Waals surface area contributed by atoms with E-state index in [1.54, 1.807) is 0 Å². The predicted molar refractivity (Wildman–Crippen MR) is 82.9 cm³/mol. The summed E-state index contributed by atoms with van der Waals surface area (Å²) in [5.74, 6) is -0.352. The van der Waals surface area contributed by atoms with Crippen molar-refractivity contribution < 1.29 is 19.8 Å². The molecule has 1 aliphatic rings. The molecule has 1 fully saturated rings. The molecule has 1 saturated heterocycles. The number of nitrogens with zero attached hydrogens (tertiary/aromatic N) is 3. The predicted octanol–water partition coefficient (Wildman–Crippen LogP) is -1.19. The number of nitrogens with one attached hydrogen (secondary N) is 1. The first-order valence-corrected chi connectivity index (χ1v) is 7.76. The topological polar surface area (TPSA) is 117 Å². The first kappa shape index (κ1) is 18.9. The summed E-state index contributed by atoms with van der Waals surface area (Å²) in [5, 5.41) is 29.8. The van der Waals surface area contributed by atoms with E-state index in [2.05, 4.69) is 5.32 Å². The molecule has 8 heteroatoms. The third-order valence-corrected chi connectivity index (χ3v) is 3.54. The molecule has 1 heterocycles. The second-order valence-electron chi connectivity index (χ2n) is 5.20. The van der Waals surface area contributed by atoms with Crippen molar-refractivity contribution in [2.24, 2.45) is 0 Å². The molecule has 0 spiro atoms. The third-order valence-electron chi connectivity index (χ3n) is 3.54. The lowest BCUT2D eigenvalue weighted by Gasteiger charge is -2.20. The van der Waals surface area contributed by atoms with Crippen LogP contribution in [0.15, 0.2) is 11.8 Å². The van der Waals surface area contributed by atoms with Gasteiger partial charge in [0.05, 0.1) is 13.2 Å². The molecule has 1 aliphatic heterocycles. The second-order valence-corrected chi connectivity index (χ2v) is 5.20. The highest BCUT2D eigenvalue weighted by molar-refractivity contribution is 5.97. The fourth-order valence-corrected chi connectivity index (χ4v) is 2.36. The number of nitriles is 1. The molecular weight excluding hydrogens is 300 g/mol. The van der Waals surface area contributed by atoms with Crippen molar-refractivity contribution in [3.8, 4) is 6.07 Å². The van der Waals surface area contributed by atoms with Gasteiger partial charge in [-0.05, 0) is 12.8 Å². The first-order chi connectivity index (χ1) is 11.1. The van der Waals surface area contributed by atoms with E-state index in [-0.39, 0.29) is 37.8 Å². The van der Waals surface area contributed by atoms with E-state index in [1.807, 2.05) is 11.0 Å². The van der Waals surface area contributed by atoms with E-state index in [1.165, 1.54) is 11.1 Å². The monoisotopic (exact) mass is 324 g/mol. The summed E-state index contributed by atoms with van der Waals surface area (Å²) in [5.41, 5.74) is -0.0795. The number of aliphatic hydroxyl groups excluding tert-OH is 2. The number of aliphatic hydroxyl groups is 2. The molecule has 0 aromatic rings. The SMILES string of the molecule is N#C/C(=C/NCCCN1CCCC1=O)C(=O)N(CCO)CCO. The molecule has 2 amide bonds. The van der Waals surface area contributed by atoms with Crippen LogP contribution in [0, 0.1) is 11.3 Å². The van der Waals surface area contributed by atoms with Gasteiger partial charge in [0.15, 0.2) is 0 Å². The summed E-state index contributed by atoms with van der Waals surface area (Å²) in [4.78, 5) is 26.6. The molecule has 3 N–H and O–H groups in total. The molecule has 0 aromatic heterocycles. The van der Waals surface area contributed by atoms with Crippen LogP contribution in [0.5, 0.6) is 0 Å². The molecule has 23 heavy (non-hydrogen) atoms. The lowest BCUT2D eigenvalue weighted by molar-refractivity contribution is -0.128. The van der Waals surface area contributed by atoms with Gasteiger partial charge in [-0.3, -0.25) is 9.59 Å². The normalized spacial score (nSPS) is 14.7. The average molecular weight is 324 g/mol. The van der Waals surface area contributed by atoms with Crippen LogP contribution in [0.4, 0.5) is 0 Å². The molecule has 128 valence electrons. The number of rotatable bonds is 10. The number of carbonyl (C=O) groups excluding carboxylic acids is 2. The summed E-state index contributed by atoms with van der Waals surface area (Å²) in [7, 11) is 0. The van der Waals surface area contributed by atoms with Crippen molar-refractivity contribution in [3.05, 3.63) is 11.8 Å². The Morgan fingerprint density at radius 2 is 2.09 bits per heavy atom. The molecular formula is C15H24N4O4. The standard InChI is InChI=1S/C15H24N4O4/c16-11-13(15(23)19(7-9-20)8-10-21)12-17-4-2-6-18-5-1-3-14(18)22/h12,17,20-21H,1-10H2/b13-12-. The first-order valence-electron chi connectivity index (χ1n) is 7.76. The minimum atomic E-state index is -0.530. The number of hydrogen-bond acceptors (Lipinski definition) is 6. The van der Waals surface area contributed by atoms with E-state index in [4.69, 9.17) is 15.5 Å². The Kier molecular flexibility index (Phi) is 8.72. The van der Waals surface area contributed by atoms with Crippen LogP contribution >= 0.6 is 0 Å². The summed E-state index contributed by atoms with van der Waals surface area (Å²) >= 11 is 0. The molecule has 0 radical (unpaired) electrons. The molecule has 0 aliphatic carbocycles. The zero-order chi connectivity index (χ0) is 17.1. The van der Waals surface area contributed by atoms with Gasteiger partial charge in [-0.15, -0.1) is 0 Å². The van der Waals surface area contributed by atoms with Gasteiger partial charge in [0.2, 0.25) is 5.91 Å². The van der Waals surface area contributed by atoms with Crippen molar-refractivity contribution >= 4 is 11.8 Å². The van der Waals surface area contributed by atoms with Gasteiger partial charge >= 0.3 is 0 Å². The van der Waals surface area contributed by atoms with Crippen molar-refractivity contribution in [2.45, 2.75) is 19.3 Å². The Labute approximate surface area is 136 Å². The minimum Gasteiger partial charge on any atom is -0.395 e. The van der Waals surface area contributed by atoms with Gasteiger partial charge in [-0.25, -0.2) is 0 Å². The summed E-state index contributed by atoms with van der Waals surface area (Å²) in [6.45, 7) is 1.67. The van der Waals surface area contributed by atoms with Crippen LogP contribution in [0.2, 0.25) is 0 Å². The van der Waals surface area contributed by atoms with Crippen LogP contribution in [0.25, 0.3) is 0 Å². The zero-order valence-corrected chi connectivity index (χ0v) is 13.2. The van der Waals surface area contributed by atoms with Gasteiger partial charge in [0.1, 0.15) is 11.6 Å². The number of likely N-dealkylation sites (tertiary alicyclic amines) is 1. The Hall–Kier alpha value is -2.11. The highest BCUT2D eigenvalue weighted by atomic mass is 16.3. The zero-order valence-electron chi connectivity index (χ0n) is 13.2. The molecule has 8 nitrogen and oxygen atoms in total. The van der Waals surface area contributed by atoms with Crippen LogP contribution in [-0.4, -0.2) is 77.8 Å². The molecule has 0 aromatic carbocycles. The highest BCUT2D eigenvalue weighted by Gasteiger charge is 2.19. The quantitative estimate of drug-likeness (QED) is 0.264. The van der Waals surface area contributed by atoms with Gasteiger partial charge in [-0.2, -0.15) is 5.26 Å². The van der Waals surface area contributed by atoms with Crippen LogP contribution < -0.4 is 5.32 Å². The Balaban J connectivity index is 2.40. The van der Waals surface area contributed by atoms with Gasteiger partial charge in [0.25, 0.3) is 5.91 Å². The van der Waals surface area contributed by atoms with Crippen LogP contribution in [0.1, 0.15) is 19.3 Å². The third kappa shape index (κ3) is 6.26.